The van der Waals surface area contributed by atoms with Gasteiger partial charge in [-0.15, -0.1) is 0 Å². The van der Waals surface area contributed by atoms with Crippen molar-refractivity contribution >= 4 is 5.97 Å². The third-order valence-electron chi connectivity index (χ3n) is 2.86. The molecule has 0 unspecified atom stereocenters. The fraction of sp³-hybridized carbons (Fsp3) is 0.143. The van der Waals surface area contributed by atoms with Crippen molar-refractivity contribution in [3.05, 3.63) is 58.0 Å². The van der Waals surface area contributed by atoms with Gasteiger partial charge in [-0.05, 0) is 25.1 Å². The number of rotatable bonds is 2. The molecule has 98 valence electrons. The summed E-state index contributed by atoms with van der Waals surface area (Å²) in [7, 11) is 1.31. The van der Waals surface area contributed by atoms with Crippen LogP contribution in [-0.4, -0.2) is 22.8 Å². The Labute approximate surface area is 109 Å². The van der Waals surface area contributed by atoms with Crippen LogP contribution in [0.2, 0.25) is 0 Å². The van der Waals surface area contributed by atoms with E-state index < -0.39 is 11.4 Å². The largest absolute Gasteiger partial charge is 0.503 e. The van der Waals surface area contributed by atoms with Crippen LogP contribution in [0.4, 0.5) is 0 Å². The maximum atomic E-state index is 11.5. The Bertz CT molecular complexity index is 688. The molecular formula is C14H13NO4. The SMILES string of the molecule is COC(=O)c1cccc(-n2ccc(=O)c(O)c2C)c1. The highest BCUT2D eigenvalue weighted by atomic mass is 16.5. The molecule has 0 amide bonds. The summed E-state index contributed by atoms with van der Waals surface area (Å²) in [5, 5.41) is 9.65. The number of benzene rings is 1. The van der Waals surface area contributed by atoms with E-state index >= 15 is 0 Å². The summed E-state index contributed by atoms with van der Waals surface area (Å²) >= 11 is 0. The van der Waals surface area contributed by atoms with E-state index in [0.717, 1.165) is 0 Å². The monoisotopic (exact) mass is 259 g/mol. The van der Waals surface area contributed by atoms with E-state index in [9.17, 15) is 14.7 Å². The summed E-state index contributed by atoms with van der Waals surface area (Å²) in [5.74, 6) is -0.740. The zero-order valence-electron chi connectivity index (χ0n) is 10.6. The van der Waals surface area contributed by atoms with E-state index in [1.165, 1.54) is 13.2 Å². The van der Waals surface area contributed by atoms with E-state index in [2.05, 4.69) is 4.74 Å². The lowest BCUT2D eigenvalue weighted by atomic mass is 10.2. The number of methoxy groups -OCH3 is 1. The van der Waals surface area contributed by atoms with E-state index in [0.29, 0.717) is 16.9 Å². The lowest BCUT2D eigenvalue weighted by Gasteiger charge is -2.12. The van der Waals surface area contributed by atoms with Crippen LogP contribution < -0.4 is 5.43 Å². The summed E-state index contributed by atoms with van der Waals surface area (Å²) in [6, 6.07) is 8.00. The standard InChI is InChI=1S/C14H13NO4/c1-9-13(17)12(16)6-7-15(9)11-5-3-4-10(8-11)14(18)19-2/h3-8,17H,1-2H3. The predicted molar refractivity (Wildman–Crippen MR) is 69.8 cm³/mol. The van der Waals surface area contributed by atoms with Crippen molar-refractivity contribution in [2.75, 3.05) is 7.11 Å². The first-order chi connectivity index (χ1) is 9.04. The molecule has 0 bridgehead atoms. The second kappa shape index (κ2) is 4.97. The molecule has 0 fully saturated rings. The average molecular weight is 259 g/mol. The van der Waals surface area contributed by atoms with Gasteiger partial charge in [0.2, 0.25) is 5.43 Å². The van der Waals surface area contributed by atoms with Crippen LogP contribution in [0.25, 0.3) is 5.69 Å². The molecule has 2 rings (SSSR count). The van der Waals surface area contributed by atoms with Crippen molar-refractivity contribution in [3.8, 4) is 11.4 Å². The fourth-order valence-electron chi connectivity index (χ4n) is 1.81. The molecule has 19 heavy (non-hydrogen) atoms. The molecule has 5 heteroatoms. The van der Waals surface area contributed by atoms with Crippen LogP contribution in [0.3, 0.4) is 0 Å². The number of hydrogen-bond acceptors (Lipinski definition) is 4. The molecule has 1 aromatic carbocycles. The van der Waals surface area contributed by atoms with Crippen molar-refractivity contribution in [2.24, 2.45) is 0 Å². The third-order valence-corrected chi connectivity index (χ3v) is 2.86. The van der Waals surface area contributed by atoms with Crippen LogP contribution in [0.1, 0.15) is 16.1 Å². The Morgan fingerprint density at radius 1 is 1.32 bits per heavy atom. The van der Waals surface area contributed by atoms with Crippen LogP contribution in [-0.2, 0) is 4.74 Å². The minimum Gasteiger partial charge on any atom is -0.503 e. The van der Waals surface area contributed by atoms with Gasteiger partial charge in [-0.3, -0.25) is 4.79 Å². The van der Waals surface area contributed by atoms with Crippen molar-refractivity contribution < 1.29 is 14.6 Å². The summed E-state index contributed by atoms with van der Waals surface area (Å²) in [6.07, 6.45) is 1.55. The summed E-state index contributed by atoms with van der Waals surface area (Å²) in [5.41, 5.74) is 1.04. The van der Waals surface area contributed by atoms with Crippen LogP contribution in [0.5, 0.6) is 5.75 Å². The van der Waals surface area contributed by atoms with E-state index in [1.54, 1.807) is 42.0 Å². The number of hydrogen-bond donors (Lipinski definition) is 1. The Morgan fingerprint density at radius 3 is 2.74 bits per heavy atom. The zero-order valence-corrected chi connectivity index (χ0v) is 10.6. The third kappa shape index (κ3) is 2.35. The lowest BCUT2D eigenvalue weighted by molar-refractivity contribution is 0.0600. The zero-order chi connectivity index (χ0) is 14.0. The Hall–Kier alpha value is -2.56. The predicted octanol–water partition coefficient (Wildman–Crippen LogP) is 1.64. The van der Waals surface area contributed by atoms with Gasteiger partial charge in [-0.25, -0.2) is 4.79 Å². The first-order valence-electron chi connectivity index (χ1n) is 5.64. The fourth-order valence-corrected chi connectivity index (χ4v) is 1.81. The highest BCUT2D eigenvalue weighted by Gasteiger charge is 2.09. The number of ether oxygens (including phenoxy) is 1. The number of aromatic nitrogens is 1. The number of nitrogens with zero attached hydrogens (tertiary/aromatic N) is 1. The molecule has 1 heterocycles. The van der Waals surface area contributed by atoms with Gasteiger partial charge in [-0.1, -0.05) is 6.07 Å². The Balaban J connectivity index is 2.57. The van der Waals surface area contributed by atoms with Crippen molar-refractivity contribution in [2.45, 2.75) is 6.92 Å². The highest BCUT2D eigenvalue weighted by molar-refractivity contribution is 5.89. The molecular weight excluding hydrogens is 246 g/mol. The van der Waals surface area contributed by atoms with Crippen LogP contribution in [0, 0.1) is 6.92 Å². The molecule has 2 aromatic rings. The van der Waals surface area contributed by atoms with Crippen molar-refractivity contribution in [1.29, 1.82) is 0 Å². The quantitative estimate of drug-likeness (QED) is 0.832. The second-order valence-corrected chi connectivity index (χ2v) is 4.03. The number of esters is 1. The molecule has 0 atom stereocenters. The van der Waals surface area contributed by atoms with Gasteiger partial charge < -0.3 is 14.4 Å². The molecule has 0 spiro atoms. The van der Waals surface area contributed by atoms with Gasteiger partial charge in [0.1, 0.15) is 0 Å². The molecule has 1 N–H and O–H groups in total. The van der Waals surface area contributed by atoms with Gasteiger partial charge in [-0.2, -0.15) is 0 Å². The first kappa shape index (κ1) is 12.9. The topological polar surface area (TPSA) is 68.5 Å². The first-order valence-corrected chi connectivity index (χ1v) is 5.64. The van der Waals surface area contributed by atoms with Crippen molar-refractivity contribution in [3.63, 3.8) is 0 Å². The summed E-state index contributed by atoms with van der Waals surface area (Å²) in [4.78, 5) is 22.8. The van der Waals surface area contributed by atoms with E-state index in [4.69, 9.17) is 0 Å². The average Bonchev–Trinajstić information content (AvgIpc) is 2.44. The molecule has 5 nitrogen and oxygen atoms in total. The highest BCUT2D eigenvalue weighted by Crippen LogP contribution is 2.17. The maximum absolute atomic E-state index is 11.5. The van der Waals surface area contributed by atoms with Crippen LogP contribution in [0.15, 0.2) is 41.3 Å². The van der Waals surface area contributed by atoms with Crippen LogP contribution >= 0.6 is 0 Å². The van der Waals surface area contributed by atoms with Gasteiger partial charge in [0.05, 0.1) is 18.4 Å². The number of carbonyl (C=O) groups excluding carboxylic acids is 1. The minimum absolute atomic E-state index is 0.300. The number of aromatic hydroxyl groups is 1. The Kier molecular flexibility index (Phi) is 3.37. The molecule has 1 aromatic heterocycles. The molecule has 0 saturated heterocycles. The Morgan fingerprint density at radius 2 is 2.05 bits per heavy atom. The molecule has 0 aliphatic heterocycles. The van der Waals surface area contributed by atoms with Gasteiger partial charge >= 0.3 is 5.97 Å². The van der Waals surface area contributed by atoms with E-state index in [-0.39, 0.29) is 5.75 Å². The smallest absolute Gasteiger partial charge is 0.337 e. The summed E-state index contributed by atoms with van der Waals surface area (Å²) in [6.45, 7) is 1.63. The minimum atomic E-state index is -0.440. The van der Waals surface area contributed by atoms with E-state index in [1.807, 2.05) is 0 Å². The van der Waals surface area contributed by atoms with Gasteiger partial charge in [0.25, 0.3) is 0 Å². The maximum Gasteiger partial charge on any atom is 0.337 e. The van der Waals surface area contributed by atoms with Crippen molar-refractivity contribution in [1.82, 2.24) is 4.57 Å². The second-order valence-electron chi connectivity index (χ2n) is 4.03. The molecule has 0 radical (unpaired) electrons. The molecule has 0 aliphatic rings. The number of pyridine rings is 1. The molecule has 0 saturated carbocycles. The summed E-state index contributed by atoms with van der Waals surface area (Å²) < 4.78 is 6.28. The van der Waals surface area contributed by atoms with Gasteiger partial charge in [0, 0.05) is 18.0 Å². The van der Waals surface area contributed by atoms with Gasteiger partial charge in [0.15, 0.2) is 5.75 Å². The lowest BCUT2D eigenvalue weighted by Crippen LogP contribution is -2.09. The molecule has 0 aliphatic carbocycles. The normalized spacial score (nSPS) is 10.2. The number of carbonyl (C=O) groups is 1.